The molecule has 78 valence electrons. The summed E-state index contributed by atoms with van der Waals surface area (Å²) in [5.41, 5.74) is 1.55. The van der Waals surface area contributed by atoms with Gasteiger partial charge in [-0.25, -0.2) is 0 Å². The number of rotatable bonds is 6. The molecule has 13 heavy (non-hydrogen) atoms. The monoisotopic (exact) mass is 182 g/mol. The van der Waals surface area contributed by atoms with Crippen LogP contribution in [0.4, 0.5) is 0 Å². The highest BCUT2D eigenvalue weighted by Gasteiger charge is 2.10. The molecule has 0 aliphatic heterocycles. The van der Waals surface area contributed by atoms with Crippen molar-refractivity contribution in [1.82, 2.24) is 0 Å². The third-order valence-electron chi connectivity index (χ3n) is 3.11. The molecule has 0 fully saturated rings. The molecule has 0 nitrogen and oxygen atoms in total. The molecule has 0 amide bonds. The summed E-state index contributed by atoms with van der Waals surface area (Å²) < 4.78 is 0. The van der Waals surface area contributed by atoms with Gasteiger partial charge in [-0.05, 0) is 38.5 Å². The van der Waals surface area contributed by atoms with Crippen molar-refractivity contribution in [3.63, 3.8) is 0 Å². The molecule has 0 radical (unpaired) electrons. The average Bonchev–Trinajstić information content (AvgIpc) is 2.16. The van der Waals surface area contributed by atoms with Crippen LogP contribution in [0.3, 0.4) is 0 Å². The second kappa shape index (κ2) is 7.17. The van der Waals surface area contributed by atoms with Crippen molar-refractivity contribution in [2.24, 2.45) is 11.8 Å². The minimum atomic E-state index is 0.898. The minimum Gasteiger partial charge on any atom is -0.0887 e. The summed E-state index contributed by atoms with van der Waals surface area (Å²) in [7, 11) is 0. The van der Waals surface area contributed by atoms with Crippen LogP contribution in [0.2, 0.25) is 0 Å². The van der Waals surface area contributed by atoms with Gasteiger partial charge in [0.05, 0.1) is 0 Å². The van der Waals surface area contributed by atoms with Gasteiger partial charge >= 0.3 is 0 Å². The quantitative estimate of drug-likeness (QED) is 0.517. The Bertz CT molecular complexity index is 144. The molecule has 0 aromatic carbocycles. The smallest absolute Gasteiger partial charge is 0.0295 e. The Morgan fingerprint density at radius 1 is 1.23 bits per heavy atom. The summed E-state index contributed by atoms with van der Waals surface area (Å²) in [5, 5.41) is 0. The Balaban J connectivity index is 3.89. The lowest BCUT2D eigenvalue weighted by molar-refractivity contribution is 0.370. The van der Waals surface area contributed by atoms with E-state index < -0.39 is 0 Å². The Labute approximate surface area is 84.4 Å². The van der Waals surface area contributed by atoms with Crippen molar-refractivity contribution in [3.8, 4) is 0 Å². The Kier molecular flexibility index (Phi) is 7.03. The van der Waals surface area contributed by atoms with E-state index in [0.29, 0.717) is 0 Å². The summed E-state index contributed by atoms with van der Waals surface area (Å²) >= 11 is 0. The molecule has 0 aliphatic rings. The molecule has 0 spiro atoms. The van der Waals surface area contributed by atoms with Crippen molar-refractivity contribution < 1.29 is 0 Å². The lowest BCUT2D eigenvalue weighted by atomic mass is 9.87. The summed E-state index contributed by atoms with van der Waals surface area (Å²) in [4.78, 5) is 0. The zero-order chi connectivity index (χ0) is 10.3. The molecule has 0 aromatic rings. The van der Waals surface area contributed by atoms with E-state index in [-0.39, 0.29) is 0 Å². The van der Waals surface area contributed by atoms with Gasteiger partial charge in [-0.3, -0.25) is 0 Å². The first kappa shape index (κ1) is 12.7. The van der Waals surface area contributed by atoms with Crippen LogP contribution >= 0.6 is 0 Å². The third-order valence-corrected chi connectivity index (χ3v) is 3.11. The Hall–Kier alpha value is -0.260. The second-order valence-electron chi connectivity index (χ2n) is 4.36. The maximum absolute atomic E-state index is 2.37. The van der Waals surface area contributed by atoms with Crippen LogP contribution in [-0.2, 0) is 0 Å². The van der Waals surface area contributed by atoms with Gasteiger partial charge in [-0.2, -0.15) is 0 Å². The van der Waals surface area contributed by atoms with Crippen LogP contribution < -0.4 is 0 Å². The zero-order valence-electron chi connectivity index (χ0n) is 10.1. The molecule has 0 aliphatic carbocycles. The minimum absolute atomic E-state index is 0.898. The van der Waals surface area contributed by atoms with Crippen LogP contribution in [0.15, 0.2) is 11.6 Å². The Morgan fingerprint density at radius 2 is 1.85 bits per heavy atom. The van der Waals surface area contributed by atoms with Gasteiger partial charge in [0, 0.05) is 0 Å². The van der Waals surface area contributed by atoms with Crippen molar-refractivity contribution in [1.29, 1.82) is 0 Å². The van der Waals surface area contributed by atoms with E-state index >= 15 is 0 Å². The predicted octanol–water partition coefficient (Wildman–Crippen LogP) is 4.81. The highest BCUT2D eigenvalue weighted by Crippen LogP contribution is 2.24. The molecule has 0 aromatic heterocycles. The van der Waals surface area contributed by atoms with E-state index in [4.69, 9.17) is 0 Å². The van der Waals surface area contributed by atoms with Crippen LogP contribution in [-0.4, -0.2) is 0 Å². The van der Waals surface area contributed by atoms with Crippen molar-refractivity contribution >= 4 is 0 Å². The molecule has 0 saturated carbocycles. The topological polar surface area (TPSA) is 0 Å². The first-order valence-electron chi connectivity index (χ1n) is 5.75. The summed E-state index contributed by atoms with van der Waals surface area (Å²) in [5.74, 6) is 1.81. The van der Waals surface area contributed by atoms with Gasteiger partial charge in [0.15, 0.2) is 0 Å². The largest absolute Gasteiger partial charge is 0.0887 e. The lowest BCUT2D eigenvalue weighted by Crippen LogP contribution is -2.05. The van der Waals surface area contributed by atoms with Crippen molar-refractivity contribution in [2.45, 2.75) is 60.3 Å². The predicted molar refractivity (Wildman–Crippen MR) is 61.9 cm³/mol. The van der Waals surface area contributed by atoms with Crippen LogP contribution in [0.1, 0.15) is 60.3 Å². The van der Waals surface area contributed by atoms with Gasteiger partial charge in [0.1, 0.15) is 0 Å². The van der Waals surface area contributed by atoms with Crippen molar-refractivity contribution in [3.05, 3.63) is 11.6 Å². The van der Waals surface area contributed by atoms with Gasteiger partial charge < -0.3 is 0 Å². The van der Waals surface area contributed by atoms with E-state index in [1.807, 2.05) is 0 Å². The third kappa shape index (κ3) is 5.90. The molecule has 0 N–H and O–H groups in total. The summed E-state index contributed by atoms with van der Waals surface area (Å²) in [6.45, 7) is 11.4. The number of allylic oxidation sites excluding steroid dienone is 2. The number of hydrogen-bond donors (Lipinski definition) is 0. The number of hydrogen-bond acceptors (Lipinski definition) is 0. The molecule has 0 bridgehead atoms. The molecule has 0 saturated heterocycles. The molecule has 0 heteroatoms. The zero-order valence-corrected chi connectivity index (χ0v) is 10.1. The molecule has 0 rings (SSSR count). The van der Waals surface area contributed by atoms with Gasteiger partial charge in [-0.15, -0.1) is 0 Å². The van der Waals surface area contributed by atoms with E-state index in [2.05, 4.69) is 40.7 Å². The summed E-state index contributed by atoms with van der Waals surface area (Å²) in [6, 6.07) is 0. The fourth-order valence-electron chi connectivity index (χ4n) is 1.70. The lowest BCUT2D eigenvalue weighted by Gasteiger charge is -2.18. The van der Waals surface area contributed by atoms with E-state index in [9.17, 15) is 0 Å². The molecule has 0 heterocycles. The fraction of sp³-hybridized carbons (Fsp3) is 0.846. The van der Waals surface area contributed by atoms with Crippen LogP contribution in [0, 0.1) is 11.8 Å². The van der Waals surface area contributed by atoms with Crippen LogP contribution in [0.5, 0.6) is 0 Å². The van der Waals surface area contributed by atoms with E-state index in [0.717, 1.165) is 11.8 Å². The molecular weight excluding hydrogens is 156 g/mol. The second-order valence-corrected chi connectivity index (χ2v) is 4.36. The highest BCUT2D eigenvalue weighted by atomic mass is 14.2. The first-order valence-corrected chi connectivity index (χ1v) is 5.75. The molecular formula is C13H26. The maximum Gasteiger partial charge on any atom is -0.0295 e. The average molecular weight is 182 g/mol. The van der Waals surface area contributed by atoms with Gasteiger partial charge in [0.2, 0.25) is 0 Å². The SMILES string of the molecule is CC=C(C)CC(CC)CC(C)CC. The normalized spacial score (nSPS) is 17.2. The molecule has 2 atom stereocenters. The highest BCUT2D eigenvalue weighted by molar-refractivity contribution is 4.96. The first-order chi connectivity index (χ1) is 6.13. The van der Waals surface area contributed by atoms with Crippen LogP contribution in [0.25, 0.3) is 0 Å². The maximum atomic E-state index is 2.37. The summed E-state index contributed by atoms with van der Waals surface area (Å²) in [6.07, 6.45) is 7.61. The van der Waals surface area contributed by atoms with Crippen molar-refractivity contribution in [2.75, 3.05) is 0 Å². The van der Waals surface area contributed by atoms with Gasteiger partial charge in [0.25, 0.3) is 0 Å². The van der Waals surface area contributed by atoms with E-state index in [1.54, 1.807) is 5.57 Å². The molecule has 2 unspecified atom stereocenters. The standard InChI is InChI=1S/C13H26/c1-6-11(4)9-13(8-3)10-12(5)7-2/h6,12-13H,7-10H2,1-5H3. The van der Waals surface area contributed by atoms with E-state index in [1.165, 1.54) is 25.7 Å². The Morgan fingerprint density at radius 3 is 2.23 bits per heavy atom. The van der Waals surface area contributed by atoms with Gasteiger partial charge in [-0.1, -0.05) is 45.3 Å². The fourth-order valence-corrected chi connectivity index (χ4v) is 1.70.